The molecule has 0 atom stereocenters. The molecule has 21 heavy (non-hydrogen) atoms. The lowest BCUT2D eigenvalue weighted by molar-refractivity contribution is 0.0899. The Bertz CT molecular complexity index is 506. The SMILES string of the molecule is CN(CC(=O)c1ccc2c(c1)CCCN2)C1CCCCC1. The number of benzene rings is 1. The van der Waals surface area contributed by atoms with Crippen molar-refractivity contribution >= 4 is 11.5 Å². The first-order chi connectivity index (χ1) is 10.2. The maximum absolute atomic E-state index is 12.5. The summed E-state index contributed by atoms with van der Waals surface area (Å²) in [6.45, 7) is 1.60. The Hall–Kier alpha value is -1.35. The van der Waals surface area contributed by atoms with Crippen LogP contribution < -0.4 is 5.32 Å². The Morgan fingerprint density at radius 2 is 2.05 bits per heavy atom. The summed E-state index contributed by atoms with van der Waals surface area (Å²) in [5, 5.41) is 3.40. The van der Waals surface area contributed by atoms with Gasteiger partial charge in [-0.05, 0) is 56.5 Å². The van der Waals surface area contributed by atoms with Gasteiger partial charge in [-0.2, -0.15) is 0 Å². The topological polar surface area (TPSA) is 32.3 Å². The number of Topliss-reactive ketones (excluding diaryl/α,β-unsaturated/α-hetero) is 1. The molecule has 1 aliphatic carbocycles. The standard InChI is InChI=1S/C18H26N2O/c1-20(16-7-3-2-4-8-16)13-18(21)15-9-10-17-14(12-15)6-5-11-19-17/h9-10,12,16,19H,2-8,11,13H2,1H3. The third kappa shape index (κ3) is 3.46. The van der Waals surface area contributed by atoms with E-state index in [2.05, 4.69) is 29.4 Å². The van der Waals surface area contributed by atoms with Crippen molar-refractivity contribution in [2.75, 3.05) is 25.5 Å². The molecule has 1 saturated carbocycles. The van der Waals surface area contributed by atoms with Gasteiger partial charge in [0, 0.05) is 23.8 Å². The Balaban J connectivity index is 1.64. The van der Waals surface area contributed by atoms with Crippen LogP contribution in [-0.2, 0) is 6.42 Å². The highest BCUT2D eigenvalue weighted by molar-refractivity contribution is 5.98. The molecule has 3 rings (SSSR count). The van der Waals surface area contributed by atoms with E-state index in [4.69, 9.17) is 0 Å². The number of hydrogen-bond acceptors (Lipinski definition) is 3. The molecule has 3 nitrogen and oxygen atoms in total. The molecule has 0 bridgehead atoms. The molecule has 0 amide bonds. The zero-order valence-corrected chi connectivity index (χ0v) is 13.0. The van der Waals surface area contributed by atoms with Gasteiger partial charge >= 0.3 is 0 Å². The number of ketones is 1. The van der Waals surface area contributed by atoms with Gasteiger partial charge in [0.2, 0.25) is 0 Å². The molecule has 1 fully saturated rings. The predicted octanol–water partition coefficient (Wildman–Crippen LogP) is 3.49. The molecule has 114 valence electrons. The van der Waals surface area contributed by atoms with Crippen molar-refractivity contribution in [2.24, 2.45) is 0 Å². The molecule has 0 unspecified atom stereocenters. The average Bonchev–Trinajstić information content (AvgIpc) is 2.55. The monoisotopic (exact) mass is 286 g/mol. The molecular weight excluding hydrogens is 260 g/mol. The Morgan fingerprint density at radius 1 is 1.24 bits per heavy atom. The van der Waals surface area contributed by atoms with E-state index in [9.17, 15) is 4.79 Å². The van der Waals surface area contributed by atoms with Crippen LogP contribution >= 0.6 is 0 Å². The van der Waals surface area contributed by atoms with E-state index < -0.39 is 0 Å². The average molecular weight is 286 g/mol. The Labute approximate surface area is 127 Å². The van der Waals surface area contributed by atoms with Crippen molar-refractivity contribution < 1.29 is 4.79 Å². The largest absolute Gasteiger partial charge is 0.385 e. The summed E-state index contributed by atoms with van der Waals surface area (Å²) >= 11 is 0. The lowest BCUT2D eigenvalue weighted by atomic mass is 9.94. The molecule has 1 aliphatic heterocycles. The summed E-state index contributed by atoms with van der Waals surface area (Å²) in [5.41, 5.74) is 3.38. The van der Waals surface area contributed by atoms with Crippen molar-refractivity contribution in [3.05, 3.63) is 29.3 Å². The van der Waals surface area contributed by atoms with E-state index in [-0.39, 0.29) is 5.78 Å². The first-order valence-corrected chi connectivity index (χ1v) is 8.34. The Morgan fingerprint density at radius 3 is 2.86 bits per heavy atom. The summed E-state index contributed by atoms with van der Waals surface area (Å²) in [6.07, 6.45) is 8.72. The van der Waals surface area contributed by atoms with Crippen molar-refractivity contribution in [1.29, 1.82) is 0 Å². The van der Waals surface area contributed by atoms with Crippen LogP contribution in [0, 0.1) is 0 Å². The molecule has 1 aromatic rings. The van der Waals surface area contributed by atoms with Gasteiger partial charge in [0.05, 0.1) is 6.54 Å². The van der Waals surface area contributed by atoms with Gasteiger partial charge in [-0.15, -0.1) is 0 Å². The second-order valence-corrected chi connectivity index (χ2v) is 6.53. The van der Waals surface area contributed by atoms with Gasteiger partial charge in [0.1, 0.15) is 0 Å². The molecule has 2 aliphatic rings. The molecule has 0 spiro atoms. The smallest absolute Gasteiger partial charge is 0.176 e. The number of hydrogen-bond donors (Lipinski definition) is 1. The maximum atomic E-state index is 12.5. The molecule has 1 N–H and O–H groups in total. The fourth-order valence-electron chi connectivity index (χ4n) is 3.62. The van der Waals surface area contributed by atoms with Crippen LogP contribution in [0.25, 0.3) is 0 Å². The number of aryl methyl sites for hydroxylation is 1. The fourth-order valence-corrected chi connectivity index (χ4v) is 3.62. The van der Waals surface area contributed by atoms with Gasteiger partial charge in [-0.3, -0.25) is 9.69 Å². The van der Waals surface area contributed by atoms with E-state index in [0.717, 1.165) is 24.9 Å². The lowest BCUT2D eigenvalue weighted by Crippen LogP contribution is -2.37. The second kappa shape index (κ2) is 6.61. The van der Waals surface area contributed by atoms with E-state index in [1.165, 1.54) is 43.4 Å². The molecule has 0 saturated heterocycles. The normalized spacial score (nSPS) is 19.1. The summed E-state index contributed by atoms with van der Waals surface area (Å²) < 4.78 is 0. The van der Waals surface area contributed by atoms with Crippen LogP contribution in [0.3, 0.4) is 0 Å². The minimum Gasteiger partial charge on any atom is -0.385 e. The van der Waals surface area contributed by atoms with E-state index in [1.807, 2.05) is 6.07 Å². The summed E-state index contributed by atoms with van der Waals surface area (Å²) in [6, 6.07) is 6.75. The number of nitrogens with zero attached hydrogens (tertiary/aromatic N) is 1. The molecule has 1 aromatic carbocycles. The van der Waals surface area contributed by atoms with Gasteiger partial charge in [0.25, 0.3) is 0 Å². The van der Waals surface area contributed by atoms with E-state index >= 15 is 0 Å². The van der Waals surface area contributed by atoms with Crippen molar-refractivity contribution in [3.63, 3.8) is 0 Å². The highest BCUT2D eigenvalue weighted by atomic mass is 16.1. The predicted molar refractivity (Wildman–Crippen MR) is 87.1 cm³/mol. The van der Waals surface area contributed by atoms with E-state index in [0.29, 0.717) is 12.6 Å². The number of anilines is 1. The third-order valence-electron chi connectivity index (χ3n) is 4.96. The third-order valence-corrected chi connectivity index (χ3v) is 4.96. The number of rotatable bonds is 4. The zero-order valence-electron chi connectivity index (χ0n) is 13.0. The molecular formula is C18H26N2O. The quantitative estimate of drug-likeness (QED) is 0.860. The molecule has 0 aromatic heterocycles. The van der Waals surface area contributed by atoms with Gasteiger partial charge in [-0.25, -0.2) is 0 Å². The highest BCUT2D eigenvalue weighted by Crippen LogP contribution is 2.24. The van der Waals surface area contributed by atoms with Crippen molar-refractivity contribution in [3.8, 4) is 0 Å². The number of fused-ring (bicyclic) bond motifs is 1. The second-order valence-electron chi connectivity index (χ2n) is 6.53. The van der Waals surface area contributed by atoms with Gasteiger partial charge in [-0.1, -0.05) is 19.3 Å². The first-order valence-electron chi connectivity index (χ1n) is 8.34. The van der Waals surface area contributed by atoms with Crippen LogP contribution in [0.5, 0.6) is 0 Å². The highest BCUT2D eigenvalue weighted by Gasteiger charge is 2.21. The summed E-state index contributed by atoms with van der Waals surface area (Å²) in [7, 11) is 2.11. The molecule has 1 heterocycles. The van der Waals surface area contributed by atoms with Crippen LogP contribution in [-0.4, -0.2) is 36.9 Å². The Kier molecular flexibility index (Phi) is 4.59. The number of carbonyl (C=O) groups is 1. The minimum absolute atomic E-state index is 0.261. The van der Waals surface area contributed by atoms with E-state index in [1.54, 1.807) is 0 Å². The van der Waals surface area contributed by atoms with Crippen LogP contribution in [0.1, 0.15) is 54.4 Å². The molecule has 0 radical (unpaired) electrons. The number of nitrogens with one attached hydrogen (secondary N) is 1. The zero-order chi connectivity index (χ0) is 14.7. The summed E-state index contributed by atoms with van der Waals surface area (Å²) in [4.78, 5) is 14.8. The van der Waals surface area contributed by atoms with Gasteiger partial charge < -0.3 is 5.32 Å². The first kappa shape index (κ1) is 14.6. The lowest BCUT2D eigenvalue weighted by Gasteiger charge is -2.30. The van der Waals surface area contributed by atoms with Gasteiger partial charge in [0.15, 0.2) is 5.78 Å². The fraction of sp³-hybridized carbons (Fsp3) is 0.611. The van der Waals surface area contributed by atoms with Crippen LogP contribution in [0.2, 0.25) is 0 Å². The maximum Gasteiger partial charge on any atom is 0.176 e. The number of likely N-dealkylation sites (N-methyl/N-ethyl adjacent to an activating group) is 1. The van der Waals surface area contributed by atoms with Crippen LogP contribution in [0.15, 0.2) is 18.2 Å². The van der Waals surface area contributed by atoms with Crippen molar-refractivity contribution in [1.82, 2.24) is 4.90 Å². The minimum atomic E-state index is 0.261. The number of carbonyl (C=O) groups excluding carboxylic acids is 1. The van der Waals surface area contributed by atoms with Crippen LogP contribution in [0.4, 0.5) is 5.69 Å². The summed E-state index contributed by atoms with van der Waals surface area (Å²) in [5.74, 6) is 0.261. The molecule has 3 heteroatoms. The van der Waals surface area contributed by atoms with Crippen molar-refractivity contribution in [2.45, 2.75) is 51.0 Å².